The number of nitrogens with one attached hydrogen (secondary N) is 2. The van der Waals surface area contributed by atoms with Crippen molar-refractivity contribution in [3.63, 3.8) is 0 Å². The van der Waals surface area contributed by atoms with Crippen molar-refractivity contribution in [3.8, 4) is 0 Å². The van der Waals surface area contributed by atoms with Gasteiger partial charge in [0.25, 0.3) is 0 Å². The molecule has 0 heterocycles. The Hall–Kier alpha value is -1.06. The molecule has 0 radical (unpaired) electrons. The SMILES string of the molecule is NNCCCNc1ccccc1. The van der Waals surface area contributed by atoms with Crippen LogP contribution in [-0.2, 0) is 0 Å². The van der Waals surface area contributed by atoms with Crippen LogP contribution in [0.4, 0.5) is 5.69 Å². The third-order valence-corrected chi connectivity index (χ3v) is 1.60. The summed E-state index contributed by atoms with van der Waals surface area (Å²) in [5, 5.41) is 3.28. The van der Waals surface area contributed by atoms with Crippen molar-refractivity contribution >= 4 is 5.69 Å². The van der Waals surface area contributed by atoms with Crippen molar-refractivity contribution < 1.29 is 0 Å². The standard InChI is InChI=1S/C9H15N3/c10-12-8-4-7-11-9-5-2-1-3-6-9/h1-3,5-6,11-12H,4,7-8,10H2. The lowest BCUT2D eigenvalue weighted by Gasteiger charge is -2.04. The first-order valence-electron chi connectivity index (χ1n) is 4.16. The second-order valence-corrected chi connectivity index (χ2v) is 2.60. The Kier molecular flexibility index (Phi) is 4.19. The van der Waals surface area contributed by atoms with Crippen LogP contribution in [0.1, 0.15) is 6.42 Å². The van der Waals surface area contributed by atoms with Crippen molar-refractivity contribution in [2.75, 3.05) is 18.4 Å². The summed E-state index contributed by atoms with van der Waals surface area (Å²) in [5.74, 6) is 5.13. The largest absolute Gasteiger partial charge is 0.385 e. The molecule has 0 saturated carbocycles. The van der Waals surface area contributed by atoms with E-state index in [2.05, 4.69) is 22.9 Å². The van der Waals surface area contributed by atoms with Crippen LogP contribution in [0.3, 0.4) is 0 Å². The lowest BCUT2D eigenvalue weighted by Crippen LogP contribution is -2.24. The number of rotatable bonds is 5. The molecule has 0 aliphatic rings. The molecule has 1 rings (SSSR count). The van der Waals surface area contributed by atoms with Gasteiger partial charge in [0.2, 0.25) is 0 Å². The van der Waals surface area contributed by atoms with E-state index in [4.69, 9.17) is 5.84 Å². The number of para-hydroxylation sites is 1. The summed E-state index contributed by atoms with van der Waals surface area (Å²) in [6, 6.07) is 10.1. The molecule has 0 unspecified atom stereocenters. The molecule has 0 fully saturated rings. The van der Waals surface area contributed by atoms with Gasteiger partial charge in [0, 0.05) is 18.8 Å². The van der Waals surface area contributed by atoms with E-state index in [1.165, 1.54) is 0 Å². The van der Waals surface area contributed by atoms with Crippen molar-refractivity contribution in [3.05, 3.63) is 30.3 Å². The molecule has 0 aliphatic carbocycles. The maximum absolute atomic E-state index is 5.13. The Morgan fingerprint density at radius 2 is 1.83 bits per heavy atom. The summed E-state index contributed by atoms with van der Waals surface area (Å²) >= 11 is 0. The Balaban J connectivity index is 2.16. The fraction of sp³-hybridized carbons (Fsp3) is 0.333. The highest BCUT2D eigenvalue weighted by atomic mass is 15.2. The molecule has 1 aromatic carbocycles. The zero-order chi connectivity index (χ0) is 8.65. The molecular weight excluding hydrogens is 150 g/mol. The highest BCUT2D eigenvalue weighted by Crippen LogP contribution is 2.03. The van der Waals surface area contributed by atoms with Crippen LogP contribution in [-0.4, -0.2) is 13.1 Å². The van der Waals surface area contributed by atoms with Crippen molar-refractivity contribution in [1.82, 2.24) is 5.43 Å². The number of anilines is 1. The van der Waals surface area contributed by atoms with Crippen LogP contribution in [0, 0.1) is 0 Å². The van der Waals surface area contributed by atoms with Gasteiger partial charge < -0.3 is 5.32 Å². The van der Waals surface area contributed by atoms with Gasteiger partial charge in [-0.05, 0) is 18.6 Å². The van der Waals surface area contributed by atoms with E-state index in [0.29, 0.717) is 0 Å². The van der Waals surface area contributed by atoms with Gasteiger partial charge in [-0.3, -0.25) is 11.3 Å². The van der Waals surface area contributed by atoms with E-state index in [-0.39, 0.29) is 0 Å². The Morgan fingerprint density at radius 1 is 1.08 bits per heavy atom. The van der Waals surface area contributed by atoms with Crippen molar-refractivity contribution in [2.45, 2.75) is 6.42 Å². The highest BCUT2D eigenvalue weighted by molar-refractivity contribution is 5.42. The number of hydrogen-bond acceptors (Lipinski definition) is 3. The van der Waals surface area contributed by atoms with E-state index in [1.807, 2.05) is 18.2 Å². The van der Waals surface area contributed by atoms with E-state index >= 15 is 0 Å². The molecule has 1 aromatic rings. The summed E-state index contributed by atoms with van der Waals surface area (Å²) in [6.07, 6.45) is 1.03. The maximum atomic E-state index is 5.13. The first-order chi connectivity index (χ1) is 5.93. The zero-order valence-electron chi connectivity index (χ0n) is 7.09. The second-order valence-electron chi connectivity index (χ2n) is 2.60. The molecule has 0 spiro atoms. The van der Waals surface area contributed by atoms with Crippen LogP contribution in [0.5, 0.6) is 0 Å². The molecule has 0 atom stereocenters. The van der Waals surface area contributed by atoms with Crippen LogP contribution in [0.15, 0.2) is 30.3 Å². The van der Waals surface area contributed by atoms with Crippen LogP contribution in [0.2, 0.25) is 0 Å². The fourth-order valence-electron chi connectivity index (χ4n) is 0.979. The van der Waals surface area contributed by atoms with Gasteiger partial charge in [0.1, 0.15) is 0 Å². The number of nitrogens with two attached hydrogens (primary N) is 1. The van der Waals surface area contributed by atoms with Crippen LogP contribution in [0.25, 0.3) is 0 Å². The van der Waals surface area contributed by atoms with Crippen LogP contribution >= 0.6 is 0 Å². The maximum Gasteiger partial charge on any atom is 0.0340 e. The summed E-state index contributed by atoms with van der Waals surface area (Å²) in [4.78, 5) is 0. The van der Waals surface area contributed by atoms with Gasteiger partial charge in [-0.15, -0.1) is 0 Å². The molecule has 0 aliphatic heterocycles. The van der Waals surface area contributed by atoms with Crippen molar-refractivity contribution in [2.24, 2.45) is 5.84 Å². The molecular formula is C9H15N3. The third-order valence-electron chi connectivity index (χ3n) is 1.60. The molecule has 4 N–H and O–H groups in total. The minimum Gasteiger partial charge on any atom is -0.385 e. The van der Waals surface area contributed by atoms with E-state index in [1.54, 1.807) is 0 Å². The molecule has 66 valence electrons. The monoisotopic (exact) mass is 165 g/mol. The highest BCUT2D eigenvalue weighted by Gasteiger charge is 1.87. The Morgan fingerprint density at radius 3 is 2.50 bits per heavy atom. The quantitative estimate of drug-likeness (QED) is 0.346. The summed E-state index contributed by atoms with van der Waals surface area (Å²) < 4.78 is 0. The van der Waals surface area contributed by atoms with Crippen molar-refractivity contribution in [1.29, 1.82) is 0 Å². The molecule has 0 amide bonds. The topological polar surface area (TPSA) is 50.1 Å². The summed E-state index contributed by atoms with van der Waals surface area (Å²) in [5.41, 5.74) is 3.78. The predicted molar refractivity (Wildman–Crippen MR) is 51.7 cm³/mol. The summed E-state index contributed by atoms with van der Waals surface area (Å²) in [7, 11) is 0. The number of hydrogen-bond donors (Lipinski definition) is 3. The number of hydrazine groups is 1. The minimum absolute atomic E-state index is 0.847. The molecule has 0 saturated heterocycles. The van der Waals surface area contributed by atoms with Gasteiger partial charge in [-0.2, -0.15) is 0 Å². The average molecular weight is 165 g/mol. The molecule has 3 nitrogen and oxygen atoms in total. The lowest BCUT2D eigenvalue weighted by atomic mass is 10.3. The summed E-state index contributed by atoms with van der Waals surface area (Å²) in [6.45, 7) is 1.80. The molecule has 0 aromatic heterocycles. The minimum atomic E-state index is 0.847. The second kappa shape index (κ2) is 5.57. The lowest BCUT2D eigenvalue weighted by molar-refractivity contribution is 0.697. The zero-order valence-corrected chi connectivity index (χ0v) is 7.09. The first kappa shape index (κ1) is 9.03. The van der Waals surface area contributed by atoms with E-state index in [9.17, 15) is 0 Å². The van der Waals surface area contributed by atoms with Gasteiger partial charge in [-0.25, -0.2) is 0 Å². The molecule has 3 heteroatoms. The number of benzene rings is 1. The van der Waals surface area contributed by atoms with Gasteiger partial charge in [-0.1, -0.05) is 18.2 Å². The first-order valence-corrected chi connectivity index (χ1v) is 4.16. The third kappa shape index (κ3) is 3.37. The Bertz CT molecular complexity index is 198. The van der Waals surface area contributed by atoms with Gasteiger partial charge in [0.05, 0.1) is 0 Å². The smallest absolute Gasteiger partial charge is 0.0340 e. The van der Waals surface area contributed by atoms with Gasteiger partial charge in [0.15, 0.2) is 0 Å². The van der Waals surface area contributed by atoms with Crippen LogP contribution < -0.4 is 16.6 Å². The predicted octanol–water partition coefficient (Wildman–Crippen LogP) is 0.952. The van der Waals surface area contributed by atoms with E-state index < -0.39 is 0 Å². The Labute approximate surface area is 72.9 Å². The normalized spacial score (nSPS) is 9.75. The fourth-order valence-corrected chi connectivity index (χ4v) is 0.979. The average Bonchev–Trinajstić information content (AvgIpc) is 2.14. The van der Waals surface area contributed by atoms with E-state index in [0.717, 1.165) is 25.2 Å². The van der Waals surface area contributed by atoms with Gasteiger partial charge >= 0.3 is 0 Å². The molecule has 0 bridgehead atoms. The molecule has 12 heavy (non-hydrogen) atoms.